The molecular weight excluding hydrogens is 1020 g/mol. The van der Waals surface area contributed by atoms with Gasteiger partial charge in [0.05, 0.1) is 70.6 Å². The summed E-state index contributed by atoms with van der Waals surface area (Å²) in [5, 5.41) is 75.8. The van der Waals surface area contributed by atoms with Crippen LogP contribution in [0.5, 0.6) is 11.5 Å². The summed E-state index contributed by atoms with van der Waals surface area (Å²) in [6.07, 6.45) is -15.4. The number of carboxylic acids is 1. The summed E-state index contributed by atoms with van der Waals surface area (Å²) < 4.78 is 54.1. The third-order valence-corrected chi connectivity index (χ3v) is 10.6. The molecule has 0 radical (unpaired) electrons. The van der Waals surface area contributed by atoms with Gasteiger partial charge in [-0.25, -0.2) is 10.7 Å². The molecule has 4 rings (SSSR count). The molecule has 30 nitrogen and oxygen atoms in total. The molecule has 0 aromatic heterocycles. The Morgan fingerprint density at radius 3 is 1.62 bits per heavy atom. The van der Waals surface area contributed by atoms with E-state index in [0.29, 0.717) is 11.1 Å². The third-order valence-electron chi connectivity index (χ3n) is 10.6. The Morgan fingerprint density at radius 2 is 1.12 bits per heavy atom. The molecule has 76 heavy (non-hydrogen) atoms. The molecule has 0 aliphatic carbocycles. The van der Waals surface area contributed by atoms with Crippen LogP contribution in [0.3, 0.4) is 0 Å². The highest BCUT2D eigenvalue weighted by molar-refractivity contribution is 5.97. The first-order valence-corrected chi connectivity index (χ1v) is 23.2. The van der Waals surface area contributed by atoms with Crippen LogP contribution in [0.15, 0.2) is 36.4 Å². The van der Waals surface area contributed by atoms with Gasteiger partial charge >= 0.3 is 24.1 Å². The van der Waals surface area contributed by atoms with E-state index in [1.807, 2.05) is 0 Å². The fourth-order valence-electron chi connectivity index (χ4n) is 6.70. The molecule has 2 aromatic carbocycles. The van der Waals surface area contributed by atoms with Gasteiger partial charge < -0.3 is 103 Å². The topological polar surface area (TPSA) is 433 Å². The number of amides is 3. The summed E-state index contributed by atoms with van der Waals surface area (Å²) in [4.78, 5) is 96.7. The molecular formula is C46H64N4O26. The van der Waals surface area contributed by atoms with Gasteiger partial charge in [0, 0.05) is 40.0 Å². The number of nitrogens with one attached hydrogen (secondary N) is 2. The summed E-state index contributed by atoms with van der Waals surface area (Å²) in [6, 6.07) is 8.32. The number of carbonyl (C=O) groups excluding carboxylic acids is 7. The first-order chi connectivity index (χ1) is 36.3. The van der Waals surface area contributed by atoms with Gasteiger partial charge in [-0.3, -0.25) is 24.0 Å². The molecule has 11 N–H and O–H groups in total. The van der Waals surface area contributed by atoms with Gasteiger partial charge in [-0.15, -0.1) is 0 Å². The number of hydrogen-bond donors (Lipinski definition) is 10. The summed E-state index contributed by atoms with van der Waals surface area (Å²) in [7, 11) is 0. The first kappa shape index (κ1) is 64.0. The van der Waals surface area contributed by atoms with E-state index in [4.69, 9.17) is 62.9 Å². The molecule has 2 aliphatic rings. The van der Waals surface area contributed by atoms with E-state index in [1.165, 1.54) is 55.1 Å². The number of esters is 2. The SMILES string of the molecule is CC(=O)OCc1ccc(O[C@@H]2O[C@H](C(=O)O)[C@@H](O)[C@H](O)[C@H]2O)c(C(=O)NCCOCCN(CCOCCNC(=O)c2cc(COC(C)=O)ccc2O[C@@H]2OC[C@@H](O)[C@H](O)[C@H]2O)C(=O)COCCOCCON)c1.O=C=O. The first-order valence-electron chi connectivity index (χ1n) is 23.2. The predicted octanol–water partition coefficient (Wildman–Crippen LogP) is -4.74. The van der Waals surface area contributed by atoms with Crippen molar-refractivity contribution >= 4 is 41.8 Å². The largest absolute Gasteiger partial charge is 0.479 e. The number of carbonyl (C=O) groups is 6. The van der Waals surface area contributed by atoms with Gasteiger partial charge in [0.2, 0.25) is 18.5 Å². The molecule has 0 saturated carbocycles. The van der Waals surface area contributed by atoms with Crippen molar-refractivity contribution in [1.29, 1.82) is 0 Å². The average Bonchev–Trinajstić information content (AvgIpc) is 3.39. The van der Waals surface area contributed by atoms with E-state index < -0.39 is 90.9 Å². The molecule has 0 spiro atoms. The van der Waals surface area contributed by atoms with Crippen molar-refractivity contribution in [2.24, 2.45) is 5.90 Å². The fourth-order valence-corrected chi connectivity index (χ4v) is 6.70. The zero-order valence-corrected chi connectivity index (χ0v) is 41.4. The predicted molar refractivity (Wildman–Crippen MR) is 247 cm³/mol. The number of aliphatic hydroxyl groups excluding tert-OH is 6. The van der Waals surface area contributed by atoms with E-state index in [9.17, 15) is 64.5 Å². The number of nitrogens with two attached hydrogens (primary N) is 1. The fraction of sp³-hybridized carbons (Fsp3) is 0.587. The molecule has 30 heteroatoms. The zero-order valence-electron chi connectivity index (χ0n) is 41.4. The minimum absolute atomic E-state index is 0.00244. The number of aliphatic carboxylic acids is 1. The lowest BCUT2D eigenvalue weighted by Gasteiger charge is -2.38. The molecule has 3 amide bonds. The van der Waals surface area contributed by atoms with Crippen molar-refractivity contribution in [3.05, 3.63) is 58.7 Å². The van der Waals surface area contributed by atoms with Crippen LogP contribution in [-0.4, -0.2) is 230 Å². The van der Waals surface area contributed by atoms with Crippen molar-refractivity contribution in [2.75, 3.05) is 92.2 Å². The second kappa shape index (κ2) is 34.4. The molecule has 0 unspecified atom stereocenters. The highest BCUT2D eigenvalue weighted by atomic mass is 16.7. The van der Waals surface area contributed by atoms with Gasteiger partial charge in [-0.2, -0.15) is 9.59 Å². The third kappa shape index (κ3) is 21.7. The number of carboxylic acid groups (broad SMARTS) is 1. The van der Waals surface area contributed by atoms with Crippen LogP contribution in [-0.2, 0) is 84.7 Å². The van der Waals surface area contributed by atoms with E-state index in [2.05, 4.69) is 15.5 Å². The lowest BCUT2D eigenvalue weighted by atomic mass is 9.99. The van der Waals surface area contributed by atoms with Crippen LogP contribution in [0, 0.1) is 0 Å². The average molecular weight is 1090 g/mol. The van der Waals surface area contributed by atoms with Crippen molar-refractivity contribution in [2.45, 2.75) is 82.4 Å². The maximum atomic E-state index is 13.5. The van der Waals surface area contributed by atoms with Crippen LogP contribution in [0.4, 0.5) is 0 Å². The van der Waals surface area contributed by atoms with E-state index in [1.54, 1.807) is 0 Å². The molecule has 2 aliphatic heterocycles. The normalized spacial score (nSPS) is 21.9. The monoisotopic (exact) mass is 1090 g/mol. The van der Waals surface area contributed by atoms with Crippen molar-refractivity contribution in [1.82, 2.24) is 15.5 Å². The van der Waals surface area contributed by atoms with Gasteiger partial charge in [0.15, 0.2) is 6.10 Å². The minimum Gasteiger partial charge on any atom is -0.479 e. The maximum Gasteiger partial charge on any atom is 0.373 e. The van der Waals surface area contributed by atoms with Crippen LogP contribution < -0.4 is 26.0 Å². The molecule has 2 aromatic rings. The van der Waals surface area contributed by atoms with E-state index in [0.717, 1.165) is 0 Å². The van der Waals surface area contributed by atoms with E-state index in [-0.39, 0.29) is 134 Å². The molecule has 2 saturated heterocycles. The van der Waals surface area contributed by atoms with Crippen LogP contribution in [0.25, 0.3) is 0 Å². The number of ether oxygens (including phenoxy) is 10. The molecule has 424 valence electrons. The molecule has 2 heterocycles. The smallest absolute Gasteiger partial charge is 0.373 e. The maximum absolute atomic E-state index is 13.5. The van der Waals surface area contributed by atoms with Gasteiger partial charge in [0.25, 0.3) is 11.8 Å². The zero-order chi connectivity index (χ0) is 56.2. The molecule has 0 bridgehead atoms. The Morgan fingerprint density at radius 1 is 0.645 bits per heavy atom. The van der Waals surface area contributed by atoms with Gasteiger partial charge in [-0.05, 0) is 35.4 Å². The minimum atomic E-state index is -1.99. The second-order valence-electron chi connectivity index (χ2n) is 16.2. The summed E-state index contributed by atoms with van der Waals surface area (Å²) >= 11 is 0. The molecule has 2 fully saturated rings. The van der Waals surface area contributed by atoms with Crippen molar-refractivity contribution in [3.8, 4) is 11.5 Å². The van der Waals surface area contributed by atoms with Gasteiger partial charge in [-0.1, -0.05) is 12.1 Å². The highest BCUT2D eigenvalue weighted by Gasteiger charge is 2.48. The Kier molecular flexibility index (Phi) is 28.9. The second-order valence-corrected chi connectivity index (χ2v) is 16.2. The Labute approximate surface area is 433 Å². The number of aliphatic hydroxyl groups is 6. The lowest BCUT2D eigenvalue weighted by molar-refractivity contribution is -0.271. The number of nitrogens with zero attached hydrogens (tertiary/aromatic N) is 1. The number of hydrogen-bond acceptors (Lipinski definition) is 26. The van der Waals surface area contributed by atoms with Crippen LogP contribution in [0.2, 0.25) is 0 Å². The highest BCUT2D eigenvalue weighted by Crippen LogP contribution is 2.29. The number of rotatable bonds is 31. The van der Waals surface area contributed by atoms with Crippen LogP contribution in [0.1, 0.15) is 45.7 Å². The summed E-state index contributed by atoms with van der Waals surface area (Å²) in [5.74, 6) is 0.0825. The van der Waals surface area contributed by atoms with Crippen molar-refractivity contribution < 1.29 is 126 Å². The lowest BCUT2D eigenvalue weighted by Crippen LogP contribution is -2.61. The number of benzene rings is 2. The molecule has 9 atom stereocenters. The Balaban J connectivity index is 0.00000495. The van der Waals surface area contributed by atoms with Crippen molar-refractivity contribution in [3.63, 3.8) is 0 Å². The summed E-state index contributed by atoms with van der Waals surface area (Å²) in [5.41, 5.74) is 0.576. The van der Waals surface area contributed by atoms with E-state index >= 15 is 0 Å². The van der Waals surface area contributed by atoms with Gasteiger partial charge in [0.1, 0.15) is 67.9 Å². The quantitative estimate of drug-likeness (QED) is 0.0193. The Bertz CT molecular complexity index is 2200. The Hall–Kier alpha value is -6.32. The summed E-state index contributed by atoms with van der Waals surface area (Å²) in [6.45, 7) is 1.82. The standard InChI is InChI=1S/C45H64N4O24.CO2/c1-25(50)67-21-27-3-5-32(71-44-38(57)35(54)31(52)23-69-44)29(19-27)41(59)47-7-11-63-13-9-49(34(53)24-66-16-15-65-17-18-70-46)10-14-64-12-8-48-42(60)30-20-28(22-68-26(2)51)4-6-33(30)72-45-39(58)36(55)37(56)40(73-45)43(61)62;2-1-3/h3-6,19-20,31,35-40,44-45,52,54-58H,7-18,21-24,46H2,1-2H3,(H,47,59)(H,48,60)(H,61,62);/t31-,35+,36+,37+,38-,39-,40+,44+,45-;/m1./s1. The van der Waals surface area contributed by atoms with Crippen LogP contribution >= 0.6 is 0 Å².